The Morgan fingerprint density at radius 1 is 1.34 bits per heavy atom. The summed E-state index contributed by atoms with van der Waals surface area (Å²) >= 11 is 0. The maximum Gasteiger partial charge on any atom is 0.181 e. The number of rotatable bonds is 5. The quantitative estimate of drug-likeness (QED) is 0.680. The van der Waals surface area contributed by atoms with Crippen LogP contribution in [-0.4, -0.2) is 54.4 Å². The number of hydrogen-bond donors (Lipinski definition) is 2. The number of carbonyl (C=O) groups excluding carboxylic acids is 2. The summed E-state index contributed by atoms with van der Waals surface area (Å²) in [5.74, 6) is 0.609. The summed E-state index contributed by atoms with van der Waals surface area (Å²) in [5, 5.41) is 14.7. The molecule has 2 N–H and O–H groups in total. The first kappa shape index (κ1) is 22.5. The van der Waals surface area contributed by atoms with E-state index in [2.05, 4.69) is 26.1 Å². The van der Waals surface area contributed by atoms with E-state index in [4.69, 9.17) is 9.47 Å². The highest BCUT2D eigenvalue weighted by Crippen LogP contribution is 2.69. The van der Waals surface area contributed by atoms with Crippen LogP contribution in [0.2, 0.25) is 0 Å². The zero-order valence-corrected chi connectivity index (χ0v) is 19.7. The van der Waals surface area contributed by atoms with Gasteiger partial charge in [0.15, 0.2) is 23.5 Å². The van der Waals surface area contributed by atoms with Gasteiger partial charge in [-0.3, -0.25) is 9.59 Å². The van der Waals surface area contributed by atoms with Crippen molar-refractivity contribution >= 4 is 11.6 Å². The van der Waals surface area contributed by atoms with Gasteiger partial charge in [0.05, 0.1) is 18.8 Å². The van der Waals surface area contributed by atoms with Gasteiger partial charge in [-0.2, -0.15) is 0 Å². The molecule has 176 valence electrons. The Hall–Kier alpha value is -1.34. The number of ketones is 2. The fourth-order valence-electron chi connectivity index (χ4n) is 8.30. The molecule has 5 aliphatic rings. The predicted octanol–water partition coefficient (Wildman–Crippen LogP) is 2.94. The molecule has 0 amide bonds. The number of aliphatic hydroxyl groups excluding tert-OH is 1. The third-order valence-corrected chi connectivity index (χ3v) is 9.57. The van der Waals surface area contributed by atoms with Crippen LogP contribution in [0.5, 0.6) is 0 Å². The van der Waals surface area contributed by atoms with Gasteiger partial charge in [-0.05, 0) is 63.1 Å². The van der Waals surface area contributed by atoms with Gasteiger partial charge in [0.25, 0.3) is 0 Å². The summed E-state index contributed by atoms with van der Waals surface area (Å²) in [4.78, 5) is 25.7. The molecule has 32 heavy (non-hydrogen) atoms. The van der Waals surface area contributed by atoms with Crippen molar-refractivity contribution in [1.82, 2.24) is 5.32 Å². The van der Waals surface area contributed by atoms with Crippen molar-refractivity contribution in [2.45, 2.75) is 83.4 Å². The first-order valence-corrected chi connectivity index (χ1v) is 12.3. The summed E-state index contributed by atoms with van der Waals surface area (Å²) in [6.07, 6.45) is 9.05. The standard InChI is InChI=1S/C26H37NO5/c1-5-6-22-31-21-12-18-17-8-7-15-11-16(28)9-10-24(15,2)23(17)19(29)13-25(18,3)26(21,32-22)20(30)14-27-4/h9-11,17-19,21-23,27,29H,5-8,12-14H2,1-4H3/t17-,18?,19-,21+,22?,23?,24-,25-,26+/m0/s1. The van der Waals surface area contributed by atoms with E-state index in [1.165, 1.54) is 0 Å². The average Bonchev–Trinajstić information content (AvgIpc) is 3.21. The summed E-state index contributed by atoms with van der Waals surface area (Å²) in [6, 6.07) is 0. The fraction of sp³-hybridized carbons (Fsp3) is 0.769. The second-order valence-corrected chi connectivity index (χ2v) is 11.1. The highest BCUT2D eigenvalue weighted by atomic mass is 16.7. The lowest BCUT2D eigenvalue weighted by Crippen LogP contribution is -2.64. The van der Waals surface area contributed by atoms with Crippen LogP contribution in [0.1, 0.15) is 59.3 Å². The van der Waals surface area contributed by atoms with Crippen molar-refractivity contribution in [1.29, 1.82) is 0 Å². The predicted molar refractivity (Wildman–Crippen MR) is 120 cm³/mol. The molecule has 1 heterocycles. The zero-order chi connectivity index (χ0) is 22.9. The maximum absolute atomic E-state index is 13.6. The van der Waals surface area contributed by atoms with E-state index in [9.17, 15) is 14.7 Å². The molecule has 0 aromatic rings. The molecule has 6 nitrogen and oxygen atoms in total. The van der Waals surface area contributed by atoms with Gasteiger partial charge in [0, 0.05) is 16.7 Å². The lowest BCUT2D eigenvalue weighted by molar-refractivity contribution is -0.198. The minimum Gasteiger partial charge on any atom is -0.393 e. The van der Waals surface area contributed by atoms with Crippen LogP contribution in [0.15, 0.2) is 23.8 Å². The largest absolute Gasteiger partial charge is 0.393 e. The highest BCUT2D eigenvalue weighted by Gasteiger charge is 2.75. The molecule has 9 atom stereocenters. The minimum absolute atomic E-state index is 0.0339. The van der Waals surface area contributed by atoms with Gasteiger partial charge in [-0.15, -0.1) is 0 Å². The topological polar surface area (TPSA) is 84.9 Å². The van der Waals surface area contributed by atoms with E-state index < -0.39 is 17.1 Å². The molecule has 1 saturated heterocycles. The molecule has 5 rings (SSSR count). The monoisotopic (exact) mass is 443 g/mol. The molecule has 0 spiro atoms. The van der Waals surface area contributed by atoms with Gasteiger partial charge in [0.2, 0.25) is 0 Å². The number of Topliss-reactive ketones (excluding diaryl/α,β-unsaturated/α-hetero) is 1. The molecule has 3 saturated carbocycles. The van der Waals surface area contributed by atoms with Gasteiger partial charge < -0.3 is 19.9 Å². The lowest BCUT2D eigenvalue weighted by Gasteiger charge is -2.59. The number of carbonyl (C=O) groups is 2. The number of hydrogen-bond acceptors (Lipinski definition) is 6. The zero-order valence-electron chi connectivity index (χ0n) is 19.7. The molecule has 0 aromatic carbocycles. The van der Waals surface area contributed by atoms with Crippen molar-refractivity contribution in [2.24, 2.45) is 28.6 Å². The van der Waals surface area contributed by atoms with Crippen LogP contribution in [-0.2, 0) is 19.1 Å². The second kappa shape index (κ2) is 7.59. The van der Waals surface area contributed by atoms with Crippen molar-refractivity contribution in [3.8, 4) is 0 Å². The Morgan fingerprint density at radius 3 is 2.84 bits per heavy atom. The third kappa shape index (κ3) is 2.79. The molecular formula is C26H37NO5. The molecule has 4 fully saturated rings. The van der Waals surface area contributed by atoms with E-state index >= 15 is 0 Å². The van der Waals surface area contributed by atoms with Crippen LogP contribution in [0.25, 0.3) is 0 Å². The van der Waals surface area contributed by atoms with Crippen molar-refractivity contribution in [2.75, 3.05) is 13.6 Å². The summed E-state index contributed by atoms with van der Waals surface area (Å²) in [5.41, 5.74) is -0.671. The van der Waals surface area contributed by atoms with Crippen LogP contribution >= 0.6 is 0 Å². The Labute approximate surface area is 190 Å². The Bertz CT molecular complexity index is 881. The van der Waals surface area contributed by atoms with E-state index in [0.29, 0.717) is 6.42 Å². The van der Waals surface area contributed by atoms with Gasteiger partial charge >= 0.3 is 0 Å². The number of likely N-dealkylation sites (N-methyl/N-ethyl adjacent to an activating group) is 1. The number of fused-ring (bicyclic) bond motifs is 7. The number of aliphatic hydroxyl groups is 1. The summed E-state index contributed by atoms with van der Waals surface area (Å²) in [7, 11) is 1.79. The molecule has 4 aliphatic carbocycles. The SMILES string of the molecule is CCCC1O[C@@H]2CC3[C@@H]4CCC5=CC(=O)C=C[C@]5(C)C4[C@@H](O)C[C@]3(C)[C@]2(C(=O)CNC)O1. The van der Waals surface area contributed by atoms with Gasteiger partial charge in [-0.1, -0.05) is 38.8 Å². The fourth-order valence-corrected chi connectivity index (χ4v) is 8.30. The molecule has 0 aromatic heterocycles. The van der Waals surface area contributed by atoms with E-state index in [-0.39, 0.29) is 53.7 Å². The summed E-state index contributed by atoms with van der Waals surface area (Å²) < 4.78 is 13.0. The molecule has 6 heteroatoms. The average molecular weight is 444 g/mol. The molecule has 1 aliphatic heterocycles. The van der Waals surface area contributed by atoms with Crippen LogP contribution < -0.4 is 5.32 Å². The molecular weight excluding hydrogens is 406 g/mol. The smallest absolute Gasteiger partial charge is 0.181 e. The Morgan fingerprint density at radius 2 is 2.12 bits per heavy atom. The van der Waals surface area contributed by atoms with E-state index in [1.807, 2.05) is 6.08 Å². The molecule has 3 unspecified atom stereocenters. The van der Waals surface area contributed by atoms with Gasteiger partial charge in [0.1, 0.15) is 0 Å². The van der Waals surface area contributed by atoms with Crippen LogP contribution in [0.3, 0.4) is 0 Å². The second-order valence-electron chi connectivity index (χ2n) is 11.1. The molecule has 0 radical (unpaired) electrons. The normalized spacial score (nSPS) is 49.2. The lowest BCUT2D eigenvalue weighted by atomic mass is 9.46. The Kier molecular flexibility index (Phi) is 5.32. The summed E-state index contributed by atoms with van der Waals surface area (Å²) in [6.45, 7) is 6.67. The van der Waals surface area contributed by atoms with E-state index in [1.54, 1.807) is 19.2 Å². The first-order chi connectivity index (χ1) is 15.2. The third-order valence-electron chi connectivity index (χ3n) is 9.57. The first-order valence-electron chi connectivity index (χ1n) is 12.3. The van der Waals surface area contributed by atoms with E-state index in [0.717, 1.165) is 37.7 Å². The van der Waals surface area contributed by atoms with Gasteiger partial charge in [-0.25, -0.2) is 0 Å². The number of allylic oxidation sites excluding steroid dienone is 4. The Balaban J connectivity index is 1.55. The van der Waals surface area contributed by atoms with Crippen molar-refractivity contribution < 1.29 is 24.2 Å². The van der Waals surface area contributed by atoms with Crippen molar-refractivity contribution in [3.63, 3.8) is 0 Å². The maximum atomic E-state index is 13.6. The molecule has 0 bridgehead atoms. The van der Waals surface area contributed by atoms with Crippen LogP contribution in [0, 0.1) is 28.6 Å². The number of nitrogens with one attached hydrogen (secondary N) is 1. The highest BCUT2D eigenvalue weighted by molar-refractivity contribution is 6.01. The number of ether oxygens (including phenoxy) is 2. The van der Waals surface area contributed by atoms with Crippen LogP contribution in [0.4, 0.5) is 0 Å². The minimum atomic E-state index is -1.01. The van der Waals surface area contributed by atoms with Crippen molar-refractivity contribution in [3.05, 3.63) is 23.8 Å².